The molecule has 0 radical (unpaired) electrons. The molecule has 1 fully saturated rings. The molecular weight excluding hydrogens is 408 g/mol. The number of rotatable bonds is 4. The highest BCUT2D eigenvalue weighted by atomic mass is 16.5. The van der Waals surface area contributed by atoms with Crippen molar-refractivity contribution in [1.82, 2.24) is 4.90 Å². The van der Waals surface area contributed by atoms with E-state index in [1.165, 1.54) is 6.07 Å². The van der Waals surface area contributed by atoms with Crippen molar-refractivity contribution in [2.45, 2.75) is 32.2 Å². The zero-order chi connectivity index (χ0) is 22.1. The number of nitrogens with one attached hydrogen (secondary N) is 1. The Morgan fingerprint density at radius 1 is 1.06 bits per heavy atom. The van der Waals surface area contributed by atoms with Crippen LogP contribution in [0.15, 0.2) is 51.7 Å². The van der Waals surface area contributed by atoms with Gasteiger partial charge in [0.1, 0.15) is 5.58 Å². The SMILES string of the molecule is Cc1cc(=O)oc2cc(NCC(=O)N3CCCC3c3ccc4c(c3)OCCCO4)ccc12. The van der Waals surface area contributed by atoms with E-state index in [1.54, 1.807) is 6.07 Å². The number of carbonyl (C=O) groups is 1. The van der Waals surface area contributed by atoms with Gasteiger partial charge in [-0.15, -0.1) is 0 Å². The molecule has 3 heterocycles. The molecule has 0 bridgehead atoms. The van der Waals surface area contributed by atoms with E-state index in [2.05, 4.69) is 5.32 Å². The van der Waals surface area contributed by atoms with Crippen LogP contribution in [0.3, 0.4) is 0 Å². The summed E-state index contributed by atoms with van der Waals surface area (Å²) in [6.07, 6.45) is 2.75. The van der Waals surface area contributed by atoms with E-state index in [9.17, 15) is 9.59 Å². The molecule has 2 aromatic carbocycles. The first-order chi connectivity index (χ1) is 15.6. The van der Waals surface area contributed by atoms with Gasteiger partial charge in [0, 0.05) is 36.2 Å². The first-order valence-electron chi connectivity index (χ1n) is 11.1. The Kier molecular flexibility index (Phi) is 5.47. The lowest BCUT2D eigenvalue weighted by molar-refractivity contribution is -0.130. The summed E-state index contributed by atoms with van der Waals surface area (Å²) in [6, 6.07) is 13.1. The molecule has 2 aliphatic rings. The molecule has 0 saturated carbocycles. The average Bonchev–Trinajstić information content (AvgIpc) is 3.16. The fourth-order valence-electron chi connectivity index (χ4n) is 4.51. The van der Waals surface area contributed by atoms with Crippen LogP contribution in [-0.2, 0) is 4.79 Å². The van der Waals surface area contributed by atoms with Crippen molar-refractivity contribution in [2.75, 3.05) is 31.6 Å². The van der Waals surface area contributed by atoms with Gasteiger partial charge in [0.2, 0.25) is 5.91 Å². The summed E-state index contributed by atoms with van der Waals surface area (Å²) in [4.78, 5) is 26.7. The van der Waals surface area contributed by atoms with E-state index in [4.69, 9.17) is 13.9 Å². The first kappa shape index (κ1) is 20.4. The molecule has 7 nitrogen and oxygen atoms in total. The highest BCUT2D eigenvalue weighted by molar-refractivity contribution is 5.85. The highest BCUT2D eigenvalue weighted by Crippen LogP contribution is 2.38. The smallest absolute Gasteiger partial charge is 0.336 e. The number of aryl methyl sites for hydroxylation is 1. The number of anilines is 1. The maximum absolute atomic E-state index is 13.1. The Labute approximate surface area is 185 Å². The molecule has 1 N–H and O–H groups in total. The number of fused-ring (bicyclic) bond motifs is 2. The molecule has 32 heavy (non-hydrogen) atoms. The van der Waals surface area contributed by atoms with Gasteiger partial charge in [0.15, 0.2) is 11.5 Å². The third-order valence-electron chi connectivity index (χ3n) is 6.12. The van der Waals surface area contributed by atoms with E-state index >= 15 is 0 Å². The maximum Gasteiger partial charge on any atom is 0.336 e. The van der Waals surface area contributed by atoms with Gasteiger partial charge in [-0.25, -0.2) is 4.79 Å². The van der Waals surface area contributed by atoms with E-state index in [-0.39, 0.29) is 24.1 Å². The predicted molar refractivity (Wildman–Crippen MR) is 121 cm³/mol. The van der Waals surface area contributed by atoms with Gasteiger partial charge in [-0.1, -0.05) is 6.07 Å². The predicted octanol–water partition coefficient (Wildman–Crippen LogP) is 4.04. The molecule has 0 spiro atoms. The monoisotopic (exact) mass is 434 g/mol. The topological polar surface area (TPSA) is 81.0 Å². The molecule has 5 rings (SSSR count). The summed E-state index contributed by atoms with van der Waals surface area (Å²) < 4.78 is 16.9. The number of carbonyl (C=O) groups excluding carboxylic acids is 1. The van der Waals surface area contributed by atoms with E-state index < -0.39 is 0 Å². The Morgan fingerprint density at radius 3 is 2.78 bits per heavy atom. The summed E-state index contributed by atoms with van der Waals surface area (Å²) in [6.45, 7) is 4.07. The lowest BCUT2D eigenvalue weighted by Gasteiger charge is -2.26. The van der Waals surface area contributed by atoms with Gasteiger partial charge in [0.25, 0.3) is 0 Å². The number of hydrogen-bond donors (Lipinski definition) is 1. The van der Waals surface area contributed by atoms with Gasteiger partial charge in [-0.3, -0.25) is 4.79 Å². The number of amides is 1. The zero-order valence-corrected chi connectivity index (χ0v) is 18.1. The quantitative estimate of drug-likeness (QED) is 0.625. The zero-order valence-electron chi connectivity index (χ0n) is 18.1. The largest absolute Gasteiger partial charge is 0.490 e. The lowest BCUT2D eigenvalue weighted by atomic mass is 10.0. The summed E-state index contributed by atoms with van der Waals surface area (Å²) >= 11 is 0. The molecule has 166 valence electrons. The Balaban J connectivity index is 1.29. The highest BCUT2D eigenvalue weighted by Gasteiger charge is 2.30. The summed E-state index contributed by atoms with van der Waals surface area (Å²) in [5.41, 5.74) is 2.82. The third kappa shape index (κ3) is 4.02. The molecule has 7 heteroatoms. The minimum absolute atomic E-state index is 0.0266. The minimum Gasteiger partial charge on any atom is -0.490 e. The number of benzene rings is 2. The Bertz CT molecular complexity index is 1220. The van der Waals surface area contributed by atoms with Gasteiger partial charge in [-0.2, -0.15) is 0 Å². The van der Waals surface area contributed by atoms with Crippen molar-refractivity contribution < 1.29 is 18.7 Å². The second-order valence-electron chi connectivity index (χ2n) is 8.31. The van der Waals surface area contributed by atoms with Crippen molar-refractivity contribution in [3.8, 4) is 11.5 Å². The first-order valence-corrected chi connectivity index (χ1v) is 11.1. The Hall–Kier alpha value is -3.48. The van der Waals surface area contributed by atoms with Crippen LogP contribution in [0.25, 0.3) is 11.0 Å². The summed E-state index contributed by atoms with van der Waals surface area (Å²) in [5.74, 6) is 1.55. The van der Waals surface area contributed by atoms with Crippen LogP contribution < -0.4 is 20.4 Å². The van der Waals surface area contributed by atoms with Gasteiger partial charge in [0.05, 0.1) is 25.8 Å². The van der Waals surface area contributed by atoms with Crippen LogP contribution in [0.5, 0.6) is 11.5 Å². The second kappa shape index (κ2) is 8.57. The minimum atomic E-state index is -0.377. The molecule has 0 aliphatic carbocycles. The van der Waals surface area contributed by atoms with E-state index in [1.807, 2.05) is 42.2 Å². The molecule has 1 amide bonds. The standard InChI is InChI=1S/C25H26N2O5/c1-16-12-25(29)32-22-14-18(6-7-19(16)22)26-15-24(28)27-9-2-4-20(27)17-5-8-21-23(13-17)31-11-3-10-30-21/h5-8,12-14,20,26H,2-4,9-11,15H2,1H3. The maximum atomic E-state index is 13.1. The number of hydrogen-bond acceptors (Lipinski definition) is 6. The van der Waals surface area contributed by atoms with Crippen LogP contribution in [-0.4, -0.2) is 37.1 Å². The molecule has 2 aliphatic heterocycles. The molecule has 1 unspecified atom stereocenters. The van der Waals surface area contributed by atoms with Crippen LogP contribution in [0.1, 0.15) is 36.4 Å². The van der Waals surface area contributed by atoms with Crippen molar-refractivity contribution in [1.29, 1.82) is 0 Å². The Morgan fingerprint density at radius 2 is 1.91 bits per heavy atom. The lowest BCUT2D eigenvalue weighted by Crippen LogP contribution is -2.35. The van der Waals surface area contributed by atoms with Crippen molar-refractivity contribution in [2.24, 2.45) is 0 Å². The van der Waals surface area contributed by atoms with Crippen molar-refractivity contribution in [3.63, 3.8) is 0 Å². The molecule has 1 aromatic heterocycles. The molecule has 1 saturated heterocycles. The molecule has 1 atom stereocenters. The molecular formula is C25H26N2O5. The van der Waals surface area contributed by atoms with Crippen molar-refractivity contribution in [3.05, 3.63) is 64.0 Å². The number of nitrogens with zero attached hydrogens (tertiary/aromatic N) is 1. The van der Waals surface area contributed by atoms with Crippen molar-refractivity contribution >= 4 is 22.6 Å². The van der Waals surface area contributed by atoms with Gasteiger partial charge >= 0.3 is 5.63 Å². The van der Waals surface area contributed by atoms with Crippen LogP contribution >= 0.6 is 0 Å². The van der Waals surface area contributed by atoms with Gasteiger partial charge in [-0.05, 0) is 55.2 Å². The summed E-state index contributed by atoms with van der Waals surface area (Å²) in [5, 5.41) is 4.07. The average molecular weight is 434 g/mol. The molecule has 3 aromatic rings. The van der Waals surface area contributed by atoms with Crippen LogP contribution in [0.2, 0.25) is 0 Å². The number of ether oxygens (including phenoxy) is 2. The summed E-state index contributed by atoms with van der Waals surface area (Å²) in [7, 11) is 0. The van der Waals surface area contributed by atoms with E-state index in [0.717, 1.165) is 59.5 Å². The fourth-order valence-corrected chi connectivity index (χ4v) is 4.51. The number of likely N-dealkylation sites (tertiary alicyclic amines) is 1. The van der Waals surface area contributed by atoms with Crippen LogP contribution in [0, 0.1) is 6.92 Å². The third-order valence-corrected chi connectivity index (χ3v) is 6.12. The van der Waals surface area contributed by atoms with Gasteiger partial charge < -0.3 is 24.1 Å². The fraction of sp³-hybridized carbons (Fsp3) is 0.360. The normalized spacial score (nSPS) is 17.9. The van der Waals surface area contributed by atoms with E-state index in [0.29, 0.717) is 18.8 Å². The van der Waals surface area contributed by atoms with Crippen LogP contribution in [0.4, 0.5) is 5.69 Å². The second-order valence-corrected chi connectivity index (χ2v) is 8.31.